The highest BCUT2D eigenvalue weighted by atomic mass is 32.2. The summed E-state index contributed by atoms with van der Waals surface area (Å²) in [5.74, 6) is -12.0. The van der Waals surface area contributed by atoms with Crippen LogP contribution in [0.4, 0.5) is 26.3 Å². The zero-order valence-electron chi connectivity index (χ0n) is 31.0. The van der Waals surface area contributed by atoms with Crippen LogP contribution >= 0.6 is 11.8 Å². The van der Waals surface area contributed by atoms with Crippen molar-refractivity contribution in [3.05, 3.63) is 0 Å². The first kappa shape index (κ1) is 39.4. The molecule has 4 bridgehead atoms. The monoisotopic (exact) mass is 790 g/mol. The van der Waals surface area contributed by atoms with Crippen LogP contribution in [0.3, 0.4) is 0 Å². The standard InChI is InChI=1S/C36H52F6O10S/c1-19-7-9-25-21(3)33(35(37,38)39,47-27-31(25)23(19)11-13-29(5,45-27)49-51-31)43-15-17-53-18-16-44-34(36(40,41)42)22(4)26-10-8-20(2)24-12-14-30(6)46-28(48-34)32(24,26)52-50-30/h19-28H,7-18H2,1-6H3/t19-,20-,21-,22-,23+,24+,25+,26+,27+,28+,29+,30+,31-,32-,33-,34-/m1/s1. The highest BCUT2D eigenvalue weighted by molar-refractivity contribution is 7.99. The van der Waals surface area contributed by atoms with Gasteiger partial charge in [-0.3, -0.25) is 0 Å². The fourth-order valence-electron chi connectivity index (χ4n) is 11.6. The van der Waals surface area contributed by atoms with Gasteiger partial charge >= 0.3 is 12.4 Å². The third-order valence-electron chi connectivity index (χ3n) is 14.4. The lowest BCUT2D eigenvalue weighted by Crippen LogP contribution is -2.76. The summed E-state index contributed by atoms with van der Waals surface area (Å²) < 4.78 is 126. The summed E-state index contributed by atoms with van der Waals surface area (Å²) in [6, 6.07) is 0. The van der Waals surface area contributed by atoms with Gasteiger partial charge in [-0.05, 0) is 76.0 Å². The zero-order chi connectivity index (χ0) is 38.0. The summed E-state index contributed by atoms with van der Waals surface area (Å²) in [6.45, 7) is 9.59. The Morgan fingerprint density at radius 3 is 1.32 bits per heavy atom. The van der Waals surface area contributed by atoms with Crippen molar-refractivity contribution < 1.29 is 74.3 Å². The number of rotatable bonds is 8. The topological polar surface area (TPSA) is 92.3 Å². The van der Waals surface area contributed by atoms with Gasteiger partial charge in [0.05, 0.1) is 13.2 Å². The Kier molecular flexibility index (Phi) is 9.67. The molecule has 8 saturated heterocycles. The van der Waals surface area contributed by atoms with Crippen molar-refractivity contribution >= 4 is 11.8 Å². The molecular weight excluding hydrogens is 738 g/mol. The van der Waals surface area contributed by atoms with Gasteiger partial charge in [0.15, 0.2) is 23.8 Å². The van der Waals surface area contributed by atoms with Gasteiger partial charge in [-0.2, -0.15) is 38.1 Å². The maximum Gasteiger partial charge on any atom is 0.443 e. The van der Waals surface area contributed by atoms with Crippen LogP contribution in [-0.2, 0) is 48.0 Å². The maximum atomic E-state index is 15.2. The Labute approximate surface area is 310 Å². The number of ether oxygens (including phenoxy) is 6. The highest BCUT2D eigenvalue weighted by Gasteiger charge is 2.79. The second-order valence-corrected chi connectivity index (χ2v) is 18.5. The molecule has 10 aliphatic rings. The Hall–Kier alpha value is -0.470. The van der Waals surface area contributed by atoms with Gasteiger partial charge in [-0.1, -0.05) is 27.7 Å². The molecule has 8 heterocycles. The molecule has 0 aromatic carbocycles. The molecule has 2 saturated carbocycles. The zero-order valence-corrected chi connectivity index (χ0v) is 31.8. The SMILES string of the molecule is C[C@@H]1CC[C@H]2[C@@H](C)[C@](OCCSCCO[C@@]3(C(F)(F)F)O[C@@H]4O[C@]5(C)CC[C@H]6[C@H](C)CC[C@@H]([C@H]3C)[C@@]46OO5)(C(F)(F)F)O[C@@H]3O[C@]4(C)CC[C@@H]1[C@]32OO4. The lowest BCUT2D eigenvalue weighted by Gasteiger charge is -2.63. The molecular formula is C36H52F6O10S. The van der Waals surface area contributed by atoms with E-state index in [0.29, 0.717) is 51.4 Å². The number of thioether (sulfide) groups is 1. The summed E-state index contributed by atoms with van der Waals surface area (Å²) >= 11 is 1.11. The van der Waals surface area contributed by atoms with E-state index < -0.39 is 83.0 Å². The van der Waals surface area contributed by atoms with E-state index in [4.69, 9.17) is 48.0 Å². The smallest absolute Gasteiger partial charge is 0.341 e. The molecule has 10 fully saturated rings. The summed E-state index contributed by atoms with van der Waals surface area (Å²) in [5, 5.41) is 0. The molecule has 10 rings (SSSR count). The summed E-state index contributed by atoms with van der Waals surface area (Å²) in [7, 11) is 0. The average Bonchev–Trinajstić information content (AvgIpc) is 3.45. The number of alkyl halides is 6. The predicted octanol–water partition coefficient (Wildman–Crippen LogP) is 8.03. The fourth-order valence-corrected chi connectivity index (χ4v) is 12.2. The molecule has 17 heteroatoms. The van der Waals surface area contributed by atoms with Crippen LogP contribution in [0, 0.1) is 47.3 Å². The number of fused-ring (bicyclic) bond motifs is 4. The molecule has 0 aromatic heterocycles. The third-order valence-corrected chi connectivity index (χ3v) is 15.3. The maximum absolute atomic E-state index is 15.2. The van der Waals surface area contributed by atoms with E-state index in [9.17, 15) is 0 Å². The minimum Gasteiger partial charge on any atom is -0.341 e. The molecule has 10 nitrogen and oxygen atoms in total. The number of hydrogen-bond donors (Lipinski definition) is 0. The van der Waals surface area contributed by atoms with Gasteiger partial charge in [0.1, 0.15) is 0 Å². The first-order valence-corrected chi connectivity index (χ1v) is 20.4. The second kappa shape index (κ2) is 13.0. The molecule has 304 valence electrons. The molecule has 0 N–H and O–H groups in total. The number of halogens is 6. The van der Waals surface area contributed by atoms with Gasteiger partial charge in [0.25, 0.3) is 11.6 Å². The fraction of sp³-hybridized carbons (Fsp3) is 1.00. The van der Waals surface area contributed by atoms with Gasteiger partial charge in [0.2, 0.25) is 11.6 Å². The summed E-state index contributed by atoms with van der Waals surface area (Å²) in [4.78, 5) is 23.5. The first-order chi connectivity index (χ1) is 24.8. The van der Waals surface area contributed by atoms with Gasteiger partial charge in [0, 0.05) is 48.0 Å². The van der Waals surface area contributed by atoms with Crippen molar-refractivity contribution in [3.63, 3.8) is 0 Å². The lowest BCUT2D eigenvalue weighted by molar-refractivity contribution is -0.598. The van der Waals surface area contributed by atoms with Crippen LogP contribution in [-0.4, -0.2) is 84.0 Å². The molecule has 8 aliphatic heterocycles. The molecule has 2 aliphatic carbocycles. The van der Waals surface area contributed by atoms with E-state index in [-0.39, 0.29) is 48.4 Å². The van der Waals surface area contributed by atoms with Gasteiger partial charge < -0.3 is 28.4 Å². The minimum absolute atomic E-state index is 0.0333. The molecule has 0 unspecified atom stereocenters. The molecule has 0 aromatic rings. The lowest BCUT2D eigenvalue weighted by atomic mass is 9.57. The Morgan fingerprint density at radius 1 is 0.547 bits per heavy atom. The van der Waals surface area contributed by atoms with Crippen LogP contribution in [0.15, 0.2) is 0 Å². The largest absolute Gasteiger partial charge is 0.443 e. The molecule has 53 heavy (non-hydrogen) atoms. The second-order valence-electron chi connectivity index (χ2n) is 17.3. The van der Waals surface area contributed by atoms with Crippen molar-refractivity contribution in [2.24, 2.45) is 47.3 Å². The highest BCUT2D eigenvalue weighted by Crippen LogP contribution is 2.66. The minimum atomic E-state index is -4.93. The van der Waals surface area contributed by atoms with Gasteiger partial charge in [-0.25, -0.2) is 19.6 Å². The predicted molar refractivity (Wildman–Crippen MR) is 173 cm³/mol. The average molecular weight is 791 g/mol. The van der Waals surface area contributed by atoms with Crippen molar-refractivity contribution in [1.29, 1.82) is 0 Å². The normalized spacial score (nSPS) is 53.4. The van der Waals surface area contributed by atoms with Crippen LogP contribution in [0.5, 0.6) is 0 Å². The molecule has 2 spiro atoms. The van der Waals surface area contributed by atoms with Crippen LogP contribution < -0.4 is 0 Å². The van der Waals surface area contributed by atoms with Crippen LogP contribution in [0.2, 0.25) is 0 Å². The molecule has 16 atom stereocenters. The van der Waals surface area contributed by atoms with E-state index in [2.05, 4.69) is 13.8 Å². The summed E-state index contributed by atoms with van der Waals surface area (Å²) in [5.41, 5.74) is -2.42. The third kappa shape index (κ3) is 5.65. The Balaban J connectivity index is 0.938. The van der Waals surface area contributed by atoms with Crippen molar-refractivity contribution in [1.82, 2.24) is 0 Å². The van der Waals surface area contributed by atoms with Crippen molar-refractivity contribution in [2.45, 2.75) is 152 Å². The molecule has 0 radical (unpaired) electrons. The Bertz CT molecular complexity index is 1290. The quantitative estimate of drug-likeness (QED) is 0.136. The first-order valence-electron chi connectivity index (χ1n) is 19.2. The number of hydrogen-bond acceptors (Lipinski definition) is 11. The van der Waals surface area contributed by atoms with E-state index in [1.165, 1.54) is 13.8 Å². The van der Waals surface area contributed by atoms with Crippen molar-refractivity contribution in [2.75, 3.05) is 24.7 Å². The van der Waals surface area contributed by atoms with Gasteiger partial charge in [-0.15, -0.1) is 0 Å². The summed E-state index contributed by atoms with van der Waals surface area (Å²) in [6.07, 6.45) is -8.06. The van der Waals surface area contributed by atoms with Crippen LogP contribution in [0.25, 0.3) is 0 Å². The van der Waals surface area contributed by atoms with E-state index in [0.717, 1.165) is 11.8 Å². The van der Waals surface area contributed by atoms with E-state index in [1.54, 1.807) is 13.8 Å². The van der Waals surface area contributed by atoms with E-state index in [1.807, 2.05) is 0 Å². The Morgan fingerprint density at radius 2 is 0.943 bits per heavy atom. The van der Waals surface area contributed by atoms with Crippen molar-refractivity contribution in [3.8, 4) is 0 Å². The van der Waals surface area contributed by atoms with E-state index >= 15 is 26.3 Å². The van der Waals surface area contributed by atoms with Crippen LogP contribution in [0.1, 0.15) is 92.9 Å². The molecule has 0 amide bonds.